The van der Waals surface area contributed by atoms with Crippen LogP contribution in [0, 0.1) is 6.92 Å². The molecule has 1 N–H and O–H groups in total. The van der Waals surface area contributed by atoms with Gasteiger partial charge in [0.15, 0.2) is 5.76 Å². The molecule has 0 bridgehead atoms. The summed E-state index contributed by atoms with van der Waals surface area (Å²) in [6, 6.07) is 17.6. The Morgan fingerprint density at radius 3 is 2.00 bits per heavy atom. The molecule has 7 heteroatoms. The quantitative estimate of drug-likeness (QED) is 0.714. The van der Waals surface area contributed by atoms with E-state index in [9.17, 15) is 13.2 Å². The second-order valence-electron chi connectivity index (χ2n) is 7.27. The Hall–Kier alpha value is -2.93. The van der Waals surface area contributed by atoms with Crippen molar-refractivity contribution < 1.29 is 17.7 Å². The van der Waals surface area contributed by atoms with Gasteiger partial charge in [0.2, 0.25) is 15.9 Å². The maximum Gasteiger partial charge on any atom is 0.244 e. The number of hydrogen-bond donors (Lipinski definition) is 1. The van der Waals surface area contributed by atoms with Crippen LogP contribution in [0.15, 0.2) is 59.1 Å². The molecule has 0 aliphatic heterocycles. The van der Waals surface area contributed by atoms with Crippen LogP contribution < -0.4 is 4.72 Å². The summed E-state index contributed by atoms with van der Waals surface area (Å²) in [6.07, 6.45) is 2.30. The molecule has 1 fully saturated rings. The van der Waals surface area contributed by atoms with Gasteiger partial charge in [0, 0.05) is 11.6 Å². The van der Waals surface area contributed by atoms with Crippen LogP contribution in [-0.4, -0.2) is 25.7 Å². The van der Waals surface area contributed by atoms with Crippen LogP contribution in [0.1, 0.15) is 24.1 Å². The standard InChI is InChI=1S/C21H20N2O4S/c1-14-13-19(27-22-14)17-5-3-15(4-6-17)16-7-9-18(10-8-16)21(11-12-21)20(24)23-28(2,25)26/h3-10,13H,11-12H2,1-2H3,(H,23,24). The molecule has 1 heterocycles. The number of sulfonamides is 1. The number of aromatic nitrogens is 1. The van der Waals surface area contributed by atoms with Crippen molar-refractivity contribution in [3.8, 4) is 22.5 Å². The number of hydrogen-bond acceptors (Lipinski definition) is 5. The van der Waals surface area contributed by atoms with Gasteiger partial charge in [-0.05, 0) is 36.5 Å². The number of nitrogens with one attached hydrogen (secondary N) is 1. The summed E-state index contributed by atoms with van der Waals surface area (Å²) in [6.45, 7) is 1.88. The number of benzene rings is 2. The fourth-order valence-corrected chi connectivity index (χ4v) is 3.88. The van der Waals surface area contributed by atoms with E-state index in [0.717, 1.165) is 40.0 Å². The first-order chi connectivity index (χ1) is 13.3. The lowest BCUT2D eigenvalue weighted by molar-refractivity contribution is -0.121. The largest absolute Gasteiger partial charge is 0.356 e. The molecule has 1 aromatic heterocycles. The highest BCUT2D eigenvalue weighted by atomic mass is 32.2. The summed E-state index contributed by atoms with van der Waals surface area (Å²) in [5.41, 5.74) is 3.96. The molecule has 0 spiro atoms. The molecule has 1 aliphatic carbocycles. The first-order valence-electron chi connectivity index (χ1n) is 8.94. The first kappa shape index (κ1) is 18.4. The van der Waals surface area contributed by atoms with E-state index in [0.29, 0.717) is 12.8 Å². The fourth-order valence-electron chi connectivity index (χ4n) is 3.35. The molecule has 28 heavy (non-hydrogen) atoms. The topological polar surface area (TPSA) is 89.3 Å². The van der Waals surface area contributed by atoms with Crippen LogP contribution >= 0.6 is 0 Å². The van der Waals surface area contributed by atoms with E-state index >= 15 is 0 Å². The Balaban J connectivity index is 1.54. The second-order valence-corrected chi connectivity index (χ2v) is 9.02. The van der Waals surface area contributed by atoms with Gasteiger partial charge in [-0.3, -0.25) is 9.52 Å². The molecule has 0 atom stereocenters. The summed E-state index contributed by atoms with van der Waals surface area (Å²) in [4.78, 5) is 12.4. The van der Waals surface area contributed by atoms with E-state index in [1.54, 1.807) is 0 Å². The zero-order valence-corrected chi connectivity index (χ0v) is 16.4. The van der Waals surface area contributed by atoms with E-state index in [1.807, 2.05) is 61.5 Å². The van der Waals surface area contributed by atoms with Gasteiger partial charge in [-0.15, -0.1) is 0 Å². The fraction of sp³-hybridized carbons (Fsp3) is 0.238. The number of rotatable bonds is 5. The lowest BCUT2D eigenvalue weighted by Gasteiger charge is -2.15. The van der Waals surface area contributed by atoms with Gasteiger partial charge in [-0.2, -0.15) is 0 Å². The number of amides is 1. The molecule has 0 saturated heterocycles. The van der Waals surface area contributed by atoms with Gasteiger partial charge in [-0.25, -0.2) is 8.42 Å². The Bertz CT molecular complexity index is 1130. The van der Waals surface area contributed by atoms with E-state index < -0.39 is 21.3 Å². The van der Waals surface area contributed by atoms with Crippen LogP contribution in [0.5, 0.6) is 0 Å². The van der Waals surface area contributed by atoms with Crippen molar-refractivity contribution in [3.63, 3.8) is 0 Å². The minimum Gasteiger partial charge on any atom is -0.356 e. The predicted octanol–water partition coefficient (Wildman–Crippen LogP) is 3.42. The van der Waals surface area contributed by atoms with Crippen molar-refractivity contribution in [3.05, 3.63) is 65.9 Å². The molecule has 1 amide bonds. The summed E-state index contributed by atoms with van der Waals surface area (Å²) in [7, 11) is -3.56. The Labute approximate surface area is 163 Å². The number of carbonyl (C=O) groups excluding carboxylic acids is 1. The zero-order chi connectivity index (χ0) is 19.9. The third kappa shape index (κ3) is 3.57. The molecule has 6 nitrogen and oxygen atoms in total. The molecule has 3 aromatic rings. The molecule has 1 saturated carbocycles. The third-order valence-corrected chi connectivity index (χ3v) is 5.59. The monoisotopic (exact) mass is 396 g/mol. The van der Waals surface area contributed by atoms with Crippen LogP contribution in [0.2, 0.25) is 0 Å². The summed E-state index contributed by atoms with van der Waals surface area (Å²) >= 11 is 0. The molecule has 1 aliphatic rings. The van der Waals surface area contributed by atoms with Crippen LogP contribution in [0.3, 0.4) is 0 Å². The Morgan fingerprint density at radius 1 is 1.00 bits per heavy atom. The zero-order valence-electron chi connectivity index (χ0n) is 15.6. The highest BCUT2D eigenvalue weighted by Gasteiger charge is 2.51. The van der Waals surface area contributed by atoms with Crippen molar-refractivity contribution in [1.82, 2.24) is 9.88 Å². The molecular formula is C21H20N2O4S. The lowest BCUT2D eigenvalue weighted by Crippen LogP contribution is -2.38. The van der Waals surface area contributed by atoms with Crippen LogP contribution in [0.4, 0.5) is 0 Å². The van der Waals surface area contributed by atoms with Crippen LogP contribution in [-0.2, 0) is 20.2 Å². The molecular weight excluding hydrogens is 376 g/mol. The van der Waals surface area contributed by atoms with Gasteiger partial charge in [0.05, 0.1) is 17.4 Å². The average molecular weight is 396 g/mol. The van der Waals surface area contributed by atoms with Gasteiger partial charge >= 0.3 is 0 Å². The van der Waals surface area contributed by atoms with E-state index in [4.69, 9.17) is 4.52 Å². The summed E-state index contributed by atoms with van der Waals surface area (Å²) in [5.74, 6) is 0.279. The molecule has 144 valence electrons. The third-order valence-electron chi connectivity index (χ3n) is 5.03. The van der Waals surface area contributed by atoms with Gasteiger partial charge < -0.3 is 4.52 Å². The molecule has 2 aromatic carbocycles. The lowest BCUT2D eigenvalue weighted by atomic mass is 9.93. The Kier molecular flexibility index (Phi) is 4.34. The van der Waals surface area contributed by atoms with Gasteiger partial charge in [0.25, 0.3) is 0 Å². The van der Waals surface area contributed by atoms with Crippen molar-refractivity contribution in [2.24, 2.45) is 0 Å². The Morgan fingerprint density at radius 2 is 1.54 bits per heavy atom. The van der Waals surface area contributed by atoms with Gasteiger partial charge in [-0.1, -0.05) is 53.7 Å². The van der Waals surface area contributed by atoms with Crippen molar-refractivity contribution in [2.75, 3.05) is 6.26 Å². The van der Waals surface area contributed by atoms with Crippen LogP contribution in [0.25, 0.3) is 22.5 Å². The van der Waals surface area contributed by atoms with E-state index in [2.05, 4.69) is 9.88 Å². The average Bonchev–Trinajstić information content (AvgIpc) is 3.36. The second kappa shape index (κ2) is 6.60. The SMILES string of the molecule is Cc1cc(-c2ccc(-c3ccc(C4(C(=O)NS(C)(=O)=O)CC4)cc3)cc2)on1. The normalized spacial score (nSPS) is 15.2. The molecule has 4 rings (SSSR count). The highest BCUT2D eigenvalue weighted by Crippen LogP contribution is 2.48. The predicted molar refractivity (Wildman–Crippen MR) is 106 cm³/mol. The summed E-state index contributed by atoms with van der Waals surface area (Å²) < 4.78 is 30.1. The minimum atomic E-state index is -3.56. The summed E-state index contributed by atoms with van der Waals surface area (Å²) in [5, 5.41) is 3.90. The molecule has 0 radical (unpaired) electrons. The minimum absolute atomic E-state index is 0.450. The maximum absolute atomic E-state index is 12.4. The smallest absolute Gasteiger partial charge is 0.244 e. The van der Waals surface area contributed by atoms with E-state index in [-0.39, 0.29) is 0 Å². The maximum atomic E-state index is 12.4. The van der Waals surface area contributed by atoms with Gasteiger partial charge in [0.1, 0.15) is 0 Å². The number of nitrogens with zero attached hydrogens (tertiary/aromatic N) is 1. The molecule has 0 unspecified atom stereocenters. The van der Waals surface area contributed by atoms with Crippen molar-refractivity contribution in [2.45, 2.75) is 25.2 Å². The number of carbonyl (C=O) groups is 1. The van der Waals surface area contributed by atoms with Crippen molar-refractivity contribution >= 4 is 15.9 Å². The van der Waals surface area contributed by atoms with Crippen molar-refractivity contribution in [1.29, 1.82) is 0 Å². The van der Waals surface area contributed by atoms with E-state index in [1.165, 1.54) is 0 Å². The first-order valence-corrected chi connectivity index (χ1v) is 10.8. The number of aryl methyl sites for hydroxylation is 1. The highest BCUT2D eigenvalue weighted by molar-refractivity contribution is 7.89.